The highest BCUT2D eigenvalue weighted by Crippen LogP contribution is 2.31. The molecule has 0 aromatic heterocycles. The quantitative estimate of drug-likeness (QED) is 0.375. The molecule has 1 aromatic carbocycles. The van der Waals surface area contributed by atoms with E-state index in [9.17, 15) is 0 Å². The third-order valence-electron chi connectivity index (χ3n) is 4.23. The zero-order chi connectivity index (χ0) is 14.5. The normalized spacial score (nSPS) is 20.8. The maximum absolute atomic E-state index is 8.71. The molecule has 2 atom stereocenters. The summed E-state index contributed by atoms with van der Waals surface area (Å²) in [6.45, 7) is 3.83. The second-order valence-electron chi connectivity index (χ2n) is 5.94. The van der Waals surface area contributed by atoms with Gasteiger partial charge in [0, 0.05) is 19.0 Å². The number of aryl methyl sites for hydroxylation is 1. The van der Waals surface area contributed by atoms with E-state index in [4.69, 9.17) is 10.9 Å². The van der Waals surface area contributed by atoms with Crippen molar-refractivity contribution in [3.8, 4) is 0 Å². The highest BCUT2D eigenvalue weighted by molar-refractivity contribution is 5.82. The fourth-order valence-corrected chi connectivity index (χ4v) is 3.15. The Morgan fingerprint density at radius 1 is 1.50 bits per heavy atom. The number of benzene rings is 1. The van der Waals surface area contributed by atoms with Gasteiger partial charge in [0.15, 0.2) is 0 Å². The van der Waals surface area contributed by atoms with Crippen LogP contribution >= 0.6 is 0 Å². The molecular weight excluding hydrogens is 250 g/mol. The minimum atomic E-state index is 0.0730. The molecule has 1 aliphatic rings. The molecule has 4 heteroatoms. The molecule has 110 valence electrons. The molecular formula is C16H25N3O. The van der Waals surface area contributed by atoms with Crippen LogP contribution in [0.25, 0.3) is 0 Å². The molecule has 1 aliphatic carbocycles. The van der Waals surface area contributed by atoms with Crippen molar-refractivity contribution >= 4 is 5.84 Å². The van der Waals surface area contributed by atoms with Crippen molar-refractivity contribution < 1.29 is 5.21 Å². The van der Waals surface area contributed by atoms with Crippen LogP contribution in [0.15, 0.2) is 29.4 Å². The van der Waals surface area contributed by atoms with Crippen molar-refractivity contribution in [1.29, 1.82) is 0 Å². The van der Waals surface area contributed by atoms with Crippen LogP contribution in [-0.2, 0) is 6.42 Å². The molecule has 3 N–H and O–H groups in total. The topological polar surface area (TPSA) is 61.8 Å². The standard InChI is InChI=1S/C16H25N3O/c1-12(16(17)18-20)10-19(2)11-14-8-5-7-13-6-3-4-9-15(13)14/h3-4,6,9,12,14,20H,5,7-8,10-11H2,1-2H3,(H2,17,18). The lowest BCUT2D eigenvalue weighted by molar-refractivity contribution is 0.275. The van der Waals surface area contributed by atoms with Crippen LogP contribution in [0.5, 0.6) is 0 Å². The number of likely N-dealkylation sites (N-methyl/N-ethyl adjacent to an activating group) is 1. The van der Waals surface area contributed by atoms with Gasteiger partial charge in [0.2, 0.25) is 0 Å². The first kappa shape index (κ1) is 14.9. The fourth-order valence-electron chi connectivity index (χ4n) is 3.15. The Morgan fingerprint density at radius 2 is 2.25 bits per heavy atom. The van der Waals surface area contributed by atoms with Gasteiger partial charge in [-0.2, -0.15) is 0 Å². The zero-order valence-electron chi connectivity index (χ0n) is 12.4. The van der Waals surface area contributed by atoms with Crippen molar-refractivity contribution in [2.24, 2.45) is 16.8 Å². The molecule has 20 heavy (non-hydrogen) atoms. The molecule has 0 saturated heterocycles. The summed E-state index contributed by atoms with van der Waals surface area (Å²) in [7, 11) is 2.11. The lowest BCUT2D eigenvalue weighted by atomic mass is 9.82. The number of oxime groups is 1. The summed E-state index contributed by atoms with van der Waals surface area (Å²) in [4.78, 5) is 2.29. The van der Waals surface area contributed by atoms with Crippen molar-refractivity contribution in [1.82, 2.24) is 4.90 Å². The monoisotopic (exact) mass is 275 g/mol. The summed E-state index contributed by atoms with van der Waals surface area (Å²) in [5.41, 5.74) is 8.65. The first-order valence-corrected chi connectivity index (χ1v) is 7.35. The molecule has 0 spiro atoms. The molecule has 0 heterocycles. The number of amidine groups is 1. The molecule has 0 radical (unpaired) electrons. The Hall–Kier alpha value is -1.55. The summed E-state index contributed by atoms with van der Waals surface area (Å²) in [6, 6.07) is 8.78. The summed E-state index contributed by atoms with van der Waals surface area (Å²) in [6.07, 6.45) is 3.72. The Morgan fingerprint density at radius 3 is 3.00 bits per heavy atom. The van der Waals surface area contributed by atoms with Gasteiger partial charge in [0.25, 0.3) is 0 Å². The molecule has 2 unspecified atom stereocenters. The van der Waals surface area contributed by atoms with E-state index >= 15 is 0 Å². The minimum absolute atomic E-state index is 0.0730. The van der Waals surface area contributed by atoms with Crippen molar-refractivity contribution in [3.63, 3.8) is 0 Å². The molecule has 4 nitrogen and oxygen atoms in total. The molecule has 0 aliphatic heterocycles. The zero-order valence-corrected chi connectivity index (χ0v) is 12.4. The highest BCUT2D eigenvalue weighted by atomic mass is 16.4. The van der Waals surface area contributed by atoms with E-state index in [1.54, 1.807) is 0 Å². The van der Waals surface area contributed by atoms with E-state index in [0.29, 0.717) is 11.8 Å². The molecule has 0 amide bonds. The number of nitrogens with zero attached hydrogens (tertiary/aromatic N) is 2. The first-order valence-electron chi connectivity index (χ1n) is 7.35. The van der Waals surface area contributed by atoms with Gasteiger partial charge >= 0.3 is 0 Å². The molecule has 0 fully saturated rings. The lowest BCUT2D eigenvalue weighted by Crippen LogP contribution is -2.35. The van der Waals surface area contributed by atoms with Gasteiger partial charge in [0.1, 0.15) is 5.84 Å². The van der Waals surface area contributed by atoms with Gasteiger partial charge in [-0.3, -0.25) is 0 Å². The lowest BCUT2D eigenvalue weighted by Gasteiger charge is -2.30. The van der Waals surface area contributed by atoms with E-state index in [2.05, 4.69) is 41.4 Å². The van der Waals surface area contributed by atoms with Crippen LogP contribution < -0.4 is 5.73 Å². The van der Waals surface area contributed by atoms with Crippen molar-refractivity contribution in [3.05, 3.63) is 35.4 Å². The molecule has 0 saturated carbocycles. The Balaban J connectivity index is 1.97. The SMILES string of the molecule is CC(CN(C)CC1CCCc2ccccc21)C(N)=NO. The van der Waals surface area contributed by atoms with Crippen molar-refractivity contribution in [2.45, 2.75) is 32.1 Å². The second kappa shape index (κ2) is 6.75. The summed E-state index contributed by atoms with van der Waals surface area (Å²) < 4.78 is 0. The van der Waals surface area contributed by atoms with Gasteiger partial charge < -0.3 is 15.8 Å². The first-order chi connectivity index (χ1) is 9.61. The Bertz CT molecular complexity index is 473. The van der Waals surface area contributed by atoms with E-state index < -0.39 is 0 Å². The van der Waals surface area contributed by atoms with Crippen LogP contribution in [0.4, 0.5) is 0 Å². The summed E-state index contributed by atoms with van der Waals surface area (Å²) in [5.74, 6) is 0.981. The van der Waals surface area contributed by atoms with Crippen LogP contribution in [0, 0.1) is 5.92 Å². The third-order valence-corrected chi connectivity index (χ3v) is 4.23. The van der Waals surface area contributed by atoms with Gasteiger partial charge in [-0.05, 0) is 43.4 Å². The predicted octanol–water partition coefficient (Wildman–Crippen LogP) is 2.42. The number of hydrogen-bond acceptors (Lipinski definition) is 3. The van der Waals surface area contributed by atoms with Crippen LogP contribution in [0.3, 0.4) is 0 Å². The van der Waals surface area contributed by atoms with Crippen LogP contribution in [0.1, 0.15) is 36.8 Å². The van der Waals surface area contributed by atoms with Gasteiger partial charge in [-0.15, -0.1) is 0 Å². The molecule has 1 aromatic rings. The highest BCUT2D eigenvalue weighted by Gasteiger charge is 2.22. The molecule has 0 bridgehead atoms. The van der Waals surface area contributed by atoms with E-state index in [0.717, 1.165) is 13.1 Å². The van der Waals surface area contributed by atoms with Crippen LogP contribution in [-0.4, -0.2) is 36.1 Å². The van der Waals surface area contributed by atoms with E-state index in [1.165, 1.54) is 30.4 Å². The summed E-state index contributed by atoms with van der Waals surface area (Å²) in [5, 5.41) is 11.8. The number of fused-ring (bicyclic) bond motifs is 1. The maximum Gasteiger partial charge on any atom is 0.143 e. The van der Waals surface area contributed by atoms with Gasteiger partial charge in [-0.1, -0.05) is 36.3 Å². The maximum atomic E-state index is 8.71. The summed E-state index contributed by atoms with van der Waals surface area (Å²) >= 11 is 0. The third kappa shape index (κ3) is 3.51. The van der Waals surface area contributed by atoms with E-state index in [1.807, 2.05) is 6.92 Å². The molecule has 2 rings (SSSR count). The number of hydrogen-bond donors (Lipinski definition) is 2. The second-order valence-corrected chi connectivity index (χ2v) is 5.94. The minimum Gasteiger partial charge on any atom is -0.409 e. The Labute approximate surface area is 121 Å². The number of nitrogens with two attached hydrogens (primary N) is 1. The van der Waals surface area contributed by atoms with E-state index in [-0.39, 0.29) is 5.92 Å². The van der Waals surface area contributed by atoms with Crippen molar-refractivity contribution in [2.75, 3.05) is 20.1 Å². The predicted molar refractivity (Wildman–Crippen MR) is 82.2 cm³/mol. The fraction of sp³-hybridized carbons (Fsp3) is 0.562. The largest absolute Gasteiger partial charge is 0.409 e. The smallest absolute Gasteiger partial charge is 0.143 e. The van der Waals surface area contributed by atoms with Gasteiger partial charge in [-0.25, -0.2) is 0 Å². The number of rotatable bonds is 5. The average Bonchev–Trinajstić information content (AvgIpc) is 2.46. The van der Waals surface area contributed by atoms with Gasteiger partial charge in [0.05, 0.1) is 0 Å². The van der Waals surface area contributed by atoms with Crippen LogP contribution in [0.2, 0.25) is 0 Å². The average molecular weight is 275 g/mol. The Kier molecular flexibility index (Phi) is 5.01.